The van der Waals surface area contributed by atoms with E-state index in [1.54, 1.807) is 12.1 Å². The lowest BCUT2D eigenvalue weighted by molar-refractivity contribution is -0.343. The highest BCUT2D eigenvalue weighted by Crippen LogP contribution is 2.50. The number of carbonyl (C=O) groups is 1. The number of rotatable bonds is 2. The van der Waals surface area contributed by atoms with Crippen LogP contribution in [-0.4, -0.2) is 19.0 Å². The fourth-order valence-electron chi connectivity index (χ4n) is 3.01. The molecule has 1 saturated heterocycles. The quantitative estimate of drug-likeness (QED) is 0.849. The SMILES string of the molecule is CO[C@@]12O[C@@H](C(=O)c3ccccc31)[C@H](c1ccccc1)O2. The summed E-state index contributed by atoms with van der Waals surface area (Å²) in [6.45, 7) is 0. The highest BCUT2D eigenvalue weighted by atomic mass is 16.9. The Morgan fingerprint density at radius 2 is 1.62 bits per heavy atom. The lowest BCUT2D eigenvalue weighted by Gasteiger charge is -2.30. The number of ketones is 1. The van der Waals surface area contributed by atoms with E-state index in [9.17, 15) is 4.79 Å². The Kier molecular flexibility index (Phi) is 2.72. The summed E-state index contributed by atoms with van der Waals surface area (Å²) in [4.78, 5) is 12.7. The van der Waals surface area contributed by atoms with Gasteiger partial charge in [0, 0.05) is 12.7 Å². The molecule has 0 spiro atoms. The van der Waals surface area contributed by atoms with Gasteiger partial charge in [0.05, 0.1) is 5.56 Å². The summed E-state index contributed by atoms with van der Waals surface area (Å²) < 4.78 is 17.4. The van der Waals surface area contributed by atoms with Gasteiger partial charge in [-0.05, 0) is 5.56 Å². The second-order valence-electron chi connectivity index (χ2n) is 5.16. The van der Waals surface area contributed by atoms with E-state index in [0.717, 1.165) is 5.56 Å². The lowest BCUT2D eigenvalue weighted by atomic mass is 9.93. The molecule has 0 N–H and O–H groups in total. The molecule has 4 nitrogen and oxygen atoms in total. The highest BCUT2D eigenvalue weighted by molar-refractivity contribution is 6.02. The van der Waals surface area contributed by atoms with E-state index in [4.69, 9.17) is 14.2 Å². The monoisotopic (exact) mass is 282 g/mol. The van der Waals surface area contributed by atoms with Gasteiger partial charge in [-0.2, -0.15) is 0 Å². The van der Waals surface area contributed by atoms with Crippen LogP contribution in [0, 0.1) is 0 Å². The molecule has 21 heavy (non-hydrogen) atoms. The molecule has 0 aliphatic carbocycles. The largest absolute Gasteiger partial charge is 0.327 e. The fourth-order valence-corrected chi connectivity index (χ4v) is 3.01. The molecule has 0 saturated carbocycles. The van der Waals surface area contributed by atoms with E-state index in [-0.39, 0.29) is 5.78 Å². The molecule has 2 aliphatic heterocycles. The van der Waals surface area contributed by atoms with E-state index in [1.165, 1.54) is 7.11 Å². The Labute approximate surface area is 122 Å². The van der Waals surface area contributed by atoms with E-state index in [1.807, 2.05) is 42.5 Å². The number of hydrogen-bond donors (Lipinski definition) is 0. The first-order valence-electron chi connectivity index (χ1n) is 6.84. The van der Waals surface area contributed by atoms with Gasteiger partial charge < -0.3 is 14.2 Å². The summed E-state index contributed by atoms with van der Waals surface area (Å²) in [6, 6.07) is 16.9. The molecule has 2 aromatic rings. The molecule has 4 rings (SSSR count). The normalized spacial score (nSPS) is 30.2. The van der Waals surface area contributed by atoms with Crippen molar-refractivity contribution in [3.8, 4) is 0 Å². The molecular formula is C17H14O4. The van der Waals surface area contributed by atoms with Crippen molar-refractivity contribution >= 4 is 5.78 Å². The van der Waals surface area contributed by atoms with Crippen molar-refractivity contribution < 1.29 is 19.0 Å². The molecule has 0 amide bonds. The maximum Gasteiger partial charge on any atom is 0.313 e. The van der Waals surface area contributed by atoms with E-state index < -0.39 is 18.2 Å². The molecular weight excluding hydrogens is 268 g/mol. The number of carbonyl (C=O) groups excluding carboxylic acids is 1. The van der Waals surface area contributed by atoms with Crippen LogP contribution < -0.4 is 0 Å². The van der Waals surface area contributed by atoms with Gasteiger partial charge in [0.2, 0.25) is 0 Å². The number of benzene rings is 2. The van der Waals surface area contributed by atoms with Crippen LogP contribution >= 0.6 is 0 Å². The summed E-state index contributed by atoms with van der Waals surface area (Å²) in [5.41, 5.74) is 2.14. The summed E-state index contributed by atoms with van der Waals surface area (Å²) in [6.07, 6.45) is -1.15. The van der Waals surface area contributed by atoms with Crippen molar-refractivity contribution in [3.63, 3.8) is 0 Å². The molecule has 0 unspecified atom stereocenters. The number of Topliss-reactive ketones (excluding diaryl/α,β-unsaturated/α-hetero) is 1. The van der Waals surface area contributed by atoms with Gasteiger partial charge in [-0.1, -0.05) is 54.6 Å². The van der Waals surface area contributed by atoms with Crippen LogP contribution in [0.4, 0.5) is 0 Å². The van der Waals surface area contributed by atoms with Gasteiger partial charge in [-0.25, -0.2) is 0 Å². The number of ether oxygens (including phenoxy) is 3. The highest BCUT2D eigenvalue weighted by Gasteiger charge is 2.58. The minimum absolute atomic E-state index is 0.0652. The van der Waals surface area contributed by atoms with Crippen LogP contribution in [0.2, 0.25) is 0 Å². The molecule has 2 aliphatic rings. The van der Waals surface area contributed by atoms with Crippen LogP contribution in [0.1, 0.15) is 27.6 Å². The van der Waals surface area contributed by atoms with Gasteiger partial charge in [0.25, 0.3) is 0 Å². The van der Waals surface area contributed by atoms with Gasteiger partial charge in [0.1, 0.15) is 6.10 Å². The zero-order valence-corrected chi connectivity index (χ0v) is 11.5. The van der Waals surface area contributed by atoms with Crippen LogP contribution in [0.3, 0.4) is 0 Å². The fraction of sp³-hybridized carbons (Fsp3) is 0.235. The minimum atomic E-state index is -1.30. The first-order chi connectivity index (χ1) is 10.2. The number of fused-ring (bicyclic) bond motifs is 4. The zero-order valence-electron chi connectivity index (χ0n) is 11.5. The second kappa shape index (κ2) is 4.49. The predicted molar refractivity (Wildman–Crippen MR) is 74.6 cm³/mol. The Bertz CT molecular complexity index is 697. The first-order valence-corrected chi connectivity index (χ1v) is 6.84. The third-order valence-electron chi connectivity index (χ3n) is 4.02. The van der Waals surface area contributed by atoms with Crippen LogP contribution in [-0.2, 0) is 20.2 Å². The van der Waals surface area contributed by atoms with Gasteiger partial charge in [0.15, 0.2) is 11.9 Å². The topological polar surface area (TPSA) is 44.8 Å². The number of hydrogen-bond acceptors (Lipinski definition) is 4. The van der Waals surface area contributed by atoms with Crippen molar-refractivity contribution in [2.75, 3.05) is 7.11 Å². The van der Waals surface area contributed by atoms with Gasteiger partial charge in [-0.15, -0.1) is 0 Å². The van der Waals surface area contributed by atoms with Crippen molar-refractivity contribution in [2.24, 2.45) is 0 Å². The summed E-state index contributed by atoms with van der Waals surface area (Å²) in [5, 5.41) is 0. The molecule has 2 aromatic carbocycles. The molecule has 1 fully saturated rings. The van der Waals surface area contributed by atoms with Crippen molar-refractivity contribution in [1.29, 1.82) is 0 Å². The number of methoxy groups -OCH3 is 1. The summed E-state index contributed by atoms with van der Waals surface area (Å²) >= 11 is 0. The van der Waals surface area contributed by atoms with Crippen LogP contribution in [0.15, 0.2) is 54.6 Å². The molecule has 3 atom stereocenters. The zero-order chi connectivity index (χ0) is 14.4. The van der Waals surface area contributed by atoms with Crippen molar-refractivity contribution in [3.05, 3.63) is 71.3 Å². The van der Waals surface area contributed by atoms with Gasteiger partial charge in [-0.3, -0.25) is 4.79 Å². The molecule has 0 radical (unpaired) electrons. The van der Waals surface area contributed by atoms with Crippen molar-refractivity contribution in [1.82, 2.24) is 0 Å². The Balaban J connectivity index is 1.86. The summed E-state index contributed by atoms with van der Waals surface area (Å²) in [7, 11) is 1.52. The van der Waals surface area contributed by atoms with Crippen LogP contribution in [0.5, 0.6) is 0 Å². The standard InChI is InChI=1S/C17H14O4/c1-19-17-13-10-6-5-9-12(13)14(18)16(21-17)15(20-17)11-7-3-2-4-8-11/h2-10,15-16H,1H3/t15-,16-,17-/m0/s1. The average Bonchev–Trinajstić information content (AvgIpc) is 2.92. The second-order valence-corrected chi connectivity index (χ2v) is 5.16. The van der Waals surface area contributed by atoms with E-state index >= 15 is 0 Å². The summed E-state index contributed by atoms with van der Waals surface area (Å²) in [5.74, 6) is -1.36. The average molecular weight is 282 g/mol. The molecule has 0 aromatic heterocycles. The molecule has 2 bridgehead atoms. The first kappa shape index (κ1) is 12.7. The molecule has 106 valence electrons. The third kappa shape index (κ3) is 1.70. The van der Waals surface area contributed by atoms with Gasteiger partial charge >= 0.3 is 5.97 Å². The Morgan fingerprint density at radius 3 is 2.38 bits per heavy atom. The maximum atomic E-state index is 12.7. The Morgan fingerprint density at radius 1 is 0.952 bits per heavy atom. The van der Waals surface area contributed by atoms with E-state index in [2.05, 4.69) is 0 Å². The smallest absolute Gasteiger partial charge is 0.313 e. The van der Waals surface area contributed by atoms with Crippen molar-refractivity contribution in [2.45, 2.75) is 18.2 Å². The van der Waals surface area contributed by atoms with Crippen LogP contribution in [0.25, 0.3) is 0 Å². The lowest BCUT2D eigenvalue weighted by Crippen LogP contribution is -2.39. The maximum absolute atomic E-state index is 12.7. The predicted octanol–water partition coefficient (Wildman–Crippen LogP) is 2.80. The van der Waals surface area contributed by atoms with E-state index in [0.29, 0.717) is 11.1 Å². The molecule has 2 heterocycles. The Hall–Kier alpha value is -2.01. The third-order valence-corrected chi connectivity index (χ3v) is 4.02. The molecule has 4 heteroatoms. The minimum Gasteiger partial charge on any atom is -0.327 e.